The monoisotopic (exact) mass is 291 g/mol. The summed E-state index contributed by atoms with van der Waals surface area (Å²) < 4.78 is 3.14. The summed E-state index contributed by atoms with van der Waals surface area (Å²) in [5.74, 6) is 0. The number of aliphatic hydroxyl groups excluding tert-OH is 1. The van der Waals surface area contributed by atoms with Gasteiger partial charge in [0.05, 0.1) is 24.5 Å². The van der Waals surface area contributed by atoms with E-state index in [9.17, 15) is 9.90 Å². The van der Waals surface area contributed by atoms with Gasteiger partial charge in [-0.25, -0.2) is 9.67 Å². The Bertz CT molecular complexity index is 817. The largest absolute Gasteiger partial charge is 0.387 e. The molecule has 0 aromatic carbocycles. The maximum absolute atomic E-state index is 12.0. The predicted molar refractivity (Wildman–Crippen MR) is 73.8 cm³/mol. The standard InChI is InChI=1S/C12H13N5O2S/c1-7-6-20-12-13-9(3-11(19)17(7)12)4-16-5-10(8(2)18)14-15-16/h3,5-6,8,18H,4H2,1-2H3. The second-order valence-corrected chi connectivity index (χ2v) is 5.43. The maximum Gasteiger partial charge on any atom is 0.259 e. The number of aryl methyl sites for hydroxylation is 1. The van der Waals surface area contributed by atoms with Crippen molar-refractivity contribution in [2.24, 2.45) is 0 Å². The minimum atomic E-state index is -0.662. The number of aromatic nitrogens is 5. The molecule has 0 aliphatic heterocycles. The average Bonchev–Trinajstić information content (AvgIpc) is 2.97. The van der Waals surface area contributed by atoms with Crippen molar-refractivity contribution in [1.82, 2.24) is 24.4 Å². The summed E-state index contributed by atoms with van der Waals surface area (Å²) in [6.07, 6.45) is 0.984. The molecule has 3 rings (SSSR count). The van der Waals surface area contributed by atoms with Gasteiger partial charge in [0.15, 0.2) is 4.96 Å². The van der Waals surface area contributed by atoms with Gasteiger partial charge in [0, 0.05) is 17.1 Å². The Morgan fingerprint density at radius 3 is 3.00 bits per heavy atom. The van der Waals surface area contributed by atoms with Crippen LogP contribution < -0.4 is 5.56 Å². The van der Waals surface area contributed by atoms with Gasteiger partial charge in [0.2, 0.25) is 0 Å². The molecular formula is C12H13N5O2S. The lowest BCUT2D eigenvalue weighted by molar-refractivity contribution is 0.194. The number of rotatable bonds is 3. The van der Waals surface area contributed by atoms with Crippen molar-refractivity contribution >= 4 is 16.3 Å². The molecule has 0 aliphatic rings. The summed E-state index contributed by atoms with van der Waals surface area (Å²) in [5.41, 5.74) is 1.90. The number of nitrogens with zero attached hydrogens (tertiary/aromatic N) is 5. The van der Waals surface area contributed by atoms with Crippen LogP contribution >= 0.6 is 11.3 Å². The highest BCUT2D eigenvalue weighted by atomic mass is 32.1. The molecule has 7 nitrogen and oxygen atoms in total. The Morgan fingerprint density at radius 2 is 2.30 bits per heavy atom. The Morgan fingerprint density at radius 1 is 1.50 bits per heavy atom. The van der Waals surface area contributed by atoms with E-state index in [1.807, 2.05) is 12.3 Å². The predicted octanol–water partition coefficient (Wildman–Crippen LogP) is 0.758. The second-order valence-electron chi connectivity index (χ2n) is 4.60. The van der Waals surface area contributed by atoms with Gasteiger partial charge in [-0.15, -0.1) is 16.4 Å². The lowest BCUT2D eigenvalue weighted by atomic mass is 10.3. The summed E-state index contributed by atoms with van der Waals surface area (Å²) in [5, 5.41) is 19.1. The molecule has 8 heteroatoms. The first-order valence-corrected chi connectivity index (χ1v) is 6.97. The summed E-state index contributed by atoms with van der Waals surface area (Å²) in [6, 6.07) is 1.50. The molecule has 3 aromatic heterocycles. The zero-order chi connectivity index (χ0) is 14.3. The van der Waals surface area contributed by atoms with Gasteiger partial charge in [-0.1, -0.05) is 5.21 Å². The van der Waals surface area contributed by atoms with Gasteiger partial charge in [0.1, 0.15) is 5.69 Å². The summed E-state index contributed by atoms with van der Waals surface area (Å²) in [7, 11) is 0. The topological polar surface area (TPSA) is 85.3 Å². The number of fused-ring (bicyclic) bond motifs is 1. The van der Waals surface area contributed by atoms with E-state index < -0.39 is 6.10 Å². The van der Waals surface area contributed by atoms with Crippen molar-refractivity contribution in [2.45, 2.75) is 26.5 Å². The van der Waals surface area contributed by atoms with Gasteiger partial charge >= 0.3 is 0 Å². The summed E-state index contributed by atoms with van der Waals surface area (Å²) in [4.78, 5) is 17.1. The molecular weight excluding hydrogens is 278 g/mol. The van der Waals surface area contributed by atoms with E-state index in [1.165, 1.54) is 17.4 Å². The smallest absolute Gasteiger partial charge is 0.259 e. The SMILES string of the molecule is Cc1csc2nc(Cn3cc(C(C)O)nn3)cc(=O)n12. The Kier molecular flexibility index (Phi) is 3.11. The van der Waals surface area contributed by atoms with Gasteiger partial charge in [-0.2, -0.15) is 0 Å². The van der Waals surface area contributed by atoms with E-state index in [1.54, 1.807) is 22.2 Å². The zero-order valence-electron chi connectivity index (χ0n) is 11.0. The molecule has 0 saturated carbocycles. The van der Waals surface area contributed by atoms with E-state index in [4.69, 9.17) is 0 Å². The lowest BCUT2D eigenvalue weighted by Gasteiger charge is -2.01. The van der Waals surface area contributed by atoms with Crippen LogP contribution in [0.5, 0.6) is 0 Å². The van der Waals surface area contributed by atoms with Crippen LogP contribution in [0, 0.1) is 6.92 Å². The lowest BCUT2D eigenvalue weighted by Crippen LogP contribution is -2.16. The molecule has 20 heavy (non-hydrogen) atoms. The van der Waals surface area contributed by atoms with Crippen LogP contribution in [0.3, 0.4) is 0 Å². The maximum atomic E-state index is 12.0. The highest BCUT2D eigenvalue weighted by molar-refractivity contribution is 7.15. The Balaban J connectivity index is 1.96. The first-order chi connectivity index (χ1) is 9.54. The van der Waals surface area contributed by atoms with Gasteiger partial charge < -0.3 is 5.11 Å². The molecule has 0 spiro atoms. The average molecular weight is 291 g/mol. The fourth-order valence-corrected chi connectivity index (χ4v) is 2.82. The normalized spacial score (nSPS) is 12.9. The van der Waals surface area contributed by atoms with Crippen molar-refractivity contribution < 1.29 is 5.11 Å². The Hall–Kier alpha value is -2.06. The molecule has 0 fully saturated rings. The molecule has 3 aromatic rings. The second kappa shape index (κ2) is 4.80. The highest BCUT2D eigenvalue weighted by Gasteiger charge is 2.09. The van der Waals surface area contributed by atoms with Crippen molar-refractivity contribution in [3.8, 4) is 0 Å². The zero-order valence-corrected chi connectivity index (χ0v) is 11.8. The molecule has 3 heterocycles. The first-order valence-electron chi connectivity index (χ1n) is 6.09. The minimum Gasteiger partial charge on any atom is -0.387 e. The van der Waals surface area contributed by atoms with Crippen molar-refractivity contribution in [3.05, 3.63) is 45.1 Å². The summed E-state index contributed by atoms with van der Waals surface area (Å²) in [6.45, 7) is 3.85. The van der Waals surface area contributed by atoms with Gasteiger partial charge in [-0.05, 0) is 13.8 Å². The number of hydrogen-bond donors (Lipinski definition) is 1. The first kappa shape index (κ1) is 12.9. The molecule has 0 aliphatic carbocycles. The molecule has 1 atom stereocenters. The molecule has 1 unspecified atom stereocenters. The van der Waals surface area contributed by atoms with Crippen molar-refractivity contribution in [2.75, 3.05) is 0 Å². The third-order valence-electron chi connectivity index (χ3n) is 2.94. The molecule has 104 valence electrons. The highest BCUT2D eigenvalue weighted by Crippen LogP contribution is 2.12. The van der Waals surface area contributed by atoms with Crippen molar-refractivity contribution in [3.63, 3.8) is 0 Å². The van der Waals surface area contributed by atoms with E-state index in [0.29, 0.717) is 22.9 Å². The fourth-order valence-electron chi connectivity index (χ4n) is 1.93. The molecule has 1 N–H and O–H groups in total. The van der Waals surface area contributed by atoms with Crippen LogP contribution in [-0.4, -0.2) is 29.5 Å². The van der Waals surface area contributed by atoms with Crippen LogP contribution in [0.25, 0.3) is 4.96 Å². The van der Waals surface area contributed by atoms with Gasteiger partial charge in [0.25, 0.3) is 5.56 Å². The minimum absolute atomic E-state index is 0.0976. The third kappa shape index (κ3) is 2.23. The van der Waals surface area contributed by atoms with Crippen LogP contribution in [0.4, 0.5) is 0 Å². The number of hydrogen-bond acceptors (Lipinski definition) is 6. The van der Waals surface area contributed by atoms with Crippen LogP contribution in [-0.2, 0) is 6.54 Å². The molecule has 0 bridgehead atoms. The molecule has 0 saturated heterocycles. The summed E-state index contributed by atoms with van der Waals surface area (Å²) >= 11 is 1.43. The third-order valence-corrected chi connectivity index (χ3v) is 3.88. The number of thiazole rings is 1. The van der Waals surface area contributed by atoms with E-state index in [-0.39, 0.29) is 5.56 Å². The van der Waals surface area contributed by atoms with Gasteiger partial charge in [-0.3, -0.25) is 9.20 Å². The fraction of sp³-hybridized carbons (Fsp3) is 0.333. The number of aliphatic hydroxyl groups is 1. The van der Waals surface area contributed by atoms with E-state index in [0.717, 1.165) is 5.69 Å². The molecule has 0 radical (unpaired) electrons. The molecule has 0 amide bonds. The van der Waals surface area contributed by atoms with Crippen LogP contribution in [0.15, 0.2) is 22.4 Å². The Labute approximate surface area is 118 Å². The van der Waals surface area contributed by atoms with E-state index in [2.05, 4.69) is 15.3 Å². The van der Waals surface area contributed by atoms with Crippen molar-refractivity contribution in [1.29, 1.82) is 0 Å². The van der Waals surface area contributed by atoms with Crippen LogP contribution in [0.1, 0.15) is 30.1 Å². The quantitative estimate of drug-likeness (QED) is 0.770. The van der Waals surface area contributed by atoms with Crippen LogP contribution in [0.2, 0.25) is 0 Å². The van der Waals surface area contributed by atoms with E-state index >= 15 is 0 Å².